The van der Waals surface area contributed by atoms with Crippen molar-refractivity contribution in [3.63, 3.8) is 0 Å². The molecule has 0 aliphatic rings. The number of rotatable bonds is 2. The Kier molecular flexibility index (Phi) is 2.28. The summed E-state index contributed by atoms with van der Waals surface area (Å²) < 4.78 is 1.66. The number of thiazole rings is 1. The Labute approximate surface area is 90.0 Å². The van der Waals surface area contributed by atoms with E-state index in [-0.39, 0.29) is 4.88 Å². The number of nitrogens with zero attached hydrogens (tertiary/aromatic N) is 3. The van der Waals surface area contributed by atoms with Crippen molar-refractivity contribution < 1.29 is 9.90 Å². The SMILES string of the molecule is Cc1nc(-c2cnn(C)c2)sc1C(=O)O. The van der Waals surface area contributed by atoms with Gasteiger partial charge in [0.25, 0.3) is 0 Å². The van der Waals surface area contributed by atoms with Crippen LogP contribution in [0.3, 0.4) is 0 Å². The maximum absolute atomic E-state index is 10.8. The Morgan fingerprint density at radius 1 is 1.60 bits per heavy atom. The van der Waals surface area contributed by atoms with Crippen molar-refractivity contribution in [3.8, 4) is 10.6 Å². The topological polar surface area (TPSA) is 68.0 Å². The number of carbonyl (C=O) groups is 1. The molecule has 15 heavy (non-hydrogen) atoms. The summed E-state index contributed by atoms with van der Waals surface area (Å²) in [4.78, 5) is 15.3. The lowest BCUT2D eigenvalue weighted by molar-refractivity contribution is 0.0701. The molecule has 2 rings (SSSR count). The summed E-state index contributed by atoms with van der Waals surface area (Å²) in [5.74, 6) is -0.930. The Morgan fingerprint density at radius 3 is 2.80 bits per heavy atom. The van der Waals surface area contributed by atoms with E-state index in [2.05, 4.69) is 10.1 Å². The number of carboxylic acids is 1. The van der Waals surface area contributed by atoms with E-state index in [1.54, 1.807) is 17.8 Å². The predicted molar refractivity (Wildman–Crippen MR) is 56.0 cm³/mol. The molecule has 1 N–H and O–H groups in total. The molecule has 2 aromatic heterocycles. The third-order valence-electron chi connectivity index (χ3n) is 1.94. The van der Waals surface area contributed by atoms with Gasteiger partial charge in [-0.2, -0.15) is 5.10 Å². The molecule has 0 amide bonds. The minimum atomic E-state index is -0.930. The van der Waals surface area contributed by atoms with Crippen LogP contribution in [0.5, 0.6) is 0 Å². The van der Waals surface area contributed by atoms with Crippen molar-refractivity contribution >= 4 is 17.3 Å². The van der Waals surface area contributed by atoms with Gasteiger partial charge in [-0.05, 0) is 6.92 Å². The molecule has 6 heteroatoms. The van der Waals surface area contributed by atoms with Crippen molar-refractivity contribution in [2.24, 2.45) is 7.05 Å². The first-order valence-corrected chi connectivity index (χ1v) is 5.09. The first-order valence-electron chi connectivity index (χ1n) is 4.27. The molecule has 0 aliphatic carbocycles. The highest BCUT2D eigenvalue weighted by molar-refractivity contribution is 7.17. The van der Waals surface area contributed by atoms with Gasteiger partial charge in [0, 0.05) is 18.8 Å². The number of aromatic carboxylic acids is 1. The zero-order chi connectivity index (χ0) is 11.0. The van der Waals surface area contributed by atoms with Gasteiger partial charge in [0.15, 0.2) is 0 Å². The summed E-state index contributed by atoms with van der Waals surface area (Å²) in [6.07, 6.45) is 3.48. The second kappa shape index (κ2) is 3.47. The fraction of sp³-hybridized carbons (Fsp3) is 0.222. The maximum Gasteiger partial charge on any atom is 0.347 e. The molecule has 2 aromatic rings. The lowest BCUT2D eigenvalue weighted by Crippen LogP contribution is -1.94. The number of aryl methyl sites for hydroxylation is 2. The summed E-state index contributed by atoms with van der Waals surface area (Å²) >= 11 is 1.17. The zero-order valence-electron chi connectivity index (χ0n) is 8.26. The van der Waals surface area contributed by atoms with Crippen molar-refractivity contribution in [2.45, 2.75) is 6.92 Å². The van der Waals surface area contributed by atoms with Crippen molar-refractivity contribution in [1.29, 1.82) is 0 Å². The molecule has 0 unspecified atom stereocenters. The summed E-state index contributed by atoms with van der Waals surface area (Å²) in [7, 11) is 1.81. The molecule has 0 aliphatic heterocycles. The van der Waals surface area contributed by atoms with Crippen LogP contribution in [0.2, 0.25) is 0 Å². The fourth-order valence-electron chi connectivity index (χ4n) is 1.25. The second-order valence-electron chi connectivity index (χ2n) is 3.14. The highest BCUT2D eigenvalue weighted by Gasteiger charge is 2.15. The van der Waals surface area contributed by atoms with Gasteiger partial charge in [-0.15, -0.1) is 11.3 Å². The number of aromatic nitrogens is 3. The van der Waals surface area contributed by atoms with Crippen LogP contribution in [0.1, 0.15) is 15.4 Å². The Hall–Kier alpha value is -1.69. The van der Waals surface area contributed by atoms with E-state index in [9.17, 15) is 4.79 Å². The van der Waals surface area contributed by atoms with Crippen LogP contribution in [-0.2, 0) is 7.05 Å². The molecular weight excluding hydrogens is 214 g/mol. The van der Waals surface area contributed by atoms with Crippen LogP contribution in [0, 0.1) is 6.92 Å². The number of hydrogen-bond acceptors (Lipinski definition) is 4. The smallest absolute Gasteiger partial charge is 0.347 e. The van der Waals surface area contributed by atoms with E-state index in [4.69, 9.17) is 5.11 Å². The lowest BCUT2D eigenvalue weighted by Gasteiger charge is -1.85. The van der Waals surface area contributed by atoms with Crippen LogP contribution in [0.4, 0.5) is 0 Å². The highest BCUT2D eigenvalue weighted by Crippen LogP contribution is 2.27. The normalized spacial score (nSPS) is 10.5. The molecule has 2 heterocycles. The van der Waals surface area contributed by atoms with E-state index in [1.165, 1.54) is 11.3 Å². The van der Waals surface area contributed by atoms with Crippen LogP contribution in [0.15, 0.2) is 12.4 Å². The lowest BCUT2D eigenvalue weighted by atomic mass is 10.3. The van der Waals surface area contributed by atoms with Crippen LogP contribution in [0.25, 0.3) is 10.6 Å². The second-order valence-corrected chi connectivity index (χ2v) is 4.14. The fourth-order valence-corrected chi connectivity index (χ4v) is 2.13. The van der Waals surface area contributed by atoms with Gasteiger partial charge in [0.1, 0.15) is 9.88 Å². The van der Waals surface area contributed by atoms with Gasteiger partial charge in [-0.1, -0.05) is 0 Å². The van der Waals surface area contributed by atoms with Gasteiger partial charge in [-0.25, -0.2) is 9.78 Å². The van der Waals surface area contributed by atoms with Crippen molar-refractivity contribution in [3.05, 3.63) is 23.0 Å². The third-order valence-corrected chi connectivity index (χ3v) is 3.14. The Morgan fingerprint density at radius 2 is 2.33 bits per heavy atom. The van der Waals surface area contributed by atoms with E-state index in [1.807, 2.05) is 13.2 Å². The van der Waals surface area contributed by atoms with E-state index in [0.717, 1.165) is 5.56 Å². The van der Waals surface area contributed by atoms with Crippen LogP contribution >= 0.6 is 11.3 Å². The first-order chi connectivity index (χ1) is 7.08. The molecule has 0 fully saturated rings. The molecular formula is C9H9N3O2S. The van der Waals surface area contributed by atoms with Crippen molar-refractivity contribution in [1.82, 2.24) is 14.8 Å². The molecule has 0 spiro atoms. The van der Waals surface area contributed by atoms with Gasteiger partial charge in [-0.3, -0.25) is 4.68 Å². The monoisotopic (exact) mass is 223 g/mol. The molecule has 5 nitrogen and oxygen atoms in total. The summed E-state index contributed by atoms with van der Waals surface area (Å²) in [5.41, 5.74) is 1.39. The van der Waals surface area contributed by atoms with E-state index in [0.29, 0.717) is 10.7 Å². The molecule has 0 saturated carbocycles. The Balaban J connectivity index is 2.46. The molecule has 0 atom stereocenters. The standard InChI is InChI=1S/C9H9N3O2S/c1-5-7(9(13)14)15-8(11-5)6-3-10-12(2)4-6/h3-4H,1-2H3,(H,13,14). The number of hydrogen-bond donors (Lipinski definition) is 1. The molecule has 78 valence electrons. The quantitative estimate of drug-likeness (QED) is 0.838. The van der Waals surface area contributed by atoms with Gasteiger partial charge in [0.05, 0.1) is 11.9 Å². The van der Waals surface area contributed by atoms with E-state index < -0.39 is 5.97 Å². The van der Waals surface area contributed by atoms with Gasteiger partial charge < -0.3 is 5.11 Å². The molecule has 0 saturated heterocycles. The summed E-state index contributed by atoms with van der Waals surface area (Å²) in [6.45, 7) is 1.69. The van der Waals surface area contributed by atoms with Crippen molar-refractivity contribution in [2.75, 3.05) is 0 Å². The van der Waals surface area contributed by atoms with Gasteiger partial charge >= 0.3 is 5.97 Å². The van der Waals surface area contributed by atoms with E-state index >= 15 is 0 Å². The highest BCUT2D eigenvalue weighted by atomic mass is 32.1. The molecule has 0 bridgehead atoms. The third kappa shape index (κ3) is 1.75. The molecule has 0 radical (unpaired) electrons. The number of carboxylic acid groups (broad SMARTS) is 1. The summed E-state index contributed by atoms with van der Waals surface area (Å²) in [6, 6.07) is 0. The minimum absolute atomic E-state index is 0.286. The van der Waals surface area contributed by atoms with Crippen LogP contribution in [-0.4, -0.2) is 25.8 Å². The predicted octanol–water partition coefficient (Wildman–Crippen LogP) is 1.55. The average molecular weight is 223 g/mol. The average Bonchev–Trinajstić information content (AvgIpc) is 2.71. The minimum Gasteiger partial charge on any atom is -0.477 e. The Bertz CT molecular complexity index is 515. The van der Waals surface area contributed by atoms with Gasteiger partial charge in [0.2, 0.25) is 0 Å². The molecule has 0 aromatic carbocycles. The summed E-state index contributed by atoms with van der Waals surface area (Å²) in [5, 5.41) is 13.6. The first kappa shape index (κ1) is 9.85. The van der Waals surface area contributed by atoms with Crippen LogP contribution < -0.4 is 0 Å². The zero-order valence-corrected chi connectivity index (χ0v) is 9.08. The maximum atomic E-state index is 10.8. The largest absolute Gasteiger partial charge is 0.477 e.